The van der Waals surface area contributed by atoms with Gasteiger partial charge in [0.1, 0.15) is 5.82 Å². The van der Waals surface area contributed by atoms with Gasteiger partial charge in [-0.1, -0.05) is 12.1 Å². The van der Waals surface area contributed by atoms with E-state index < -0.39 is 6.09 Å². The number of morpholine rings is 1. The number of anilines is 1. The van der Waals surface area contributed by atoms with Gasteiger partial charge in [0.15, 0.2) is 4.80 Å². The Bertz CT molecular complexity index is 1140. The highest BCUT2D eigenvalue weighted by Gasteiger charge is 2.13. The van der Waals surface area contributed by atoms with E-state index in [1.54, 1.807) is 19.1 Å². The first kappa shape index (κ1) is 24.0. The van der Waals surface area contributed by atoms with Gasteiger partial charge in [0.05, 0.1) is 31.2 Å². The van der Waals surface area contributed by atoms with Crippen LogP contribution in [0.2, 0.25) is 0 Å². The molecule has 34 heavy (non-hydrogen) atoms. The smallest absolute Gasteiger partial charge is 0.407 e. The van der Waals surface area contributed by atoms with Gasteiger partial charge in [-0.3, -0.25) is 0 Å². The van der Waals surface area contributed by atoms with Crippen molar-refractivity contribution in [3.63, 3.8) is 0 Å². The summed E-state index contributed by atoms with van der Waals surface area (Å²) in [6, 6.07) is 14.7. The molecule has 7 nitrogen and oxygen atoms in total. The van der Waals surface area contributed by atoms with Crippen LogP contribution in [-0.2, 0) is 16.0 Å². The van der Waals surface area contributed by atoms with Crippen molar-refractivity contribution < 1.29 is 18.7 Å². The Balaban J connectivity index is 1.57. The largest absolute Gasteiger partial charge is 0.450 e. The molecule has 4 rings (SSSR count). The Kier molecular flexibility index (Phi) is 8.32. The molecule has 1 saturated heterocycles. The van der Waals surface area contributed by atoms with Crippen molar-refractivity contribution in [2.45, 2.75) is 19.9 Å². The fraction of sp³-hybridized carbons (Fsp3) is 0.360. The second-order valence-corrected chi connectivity index (χ2v) is 8.63. The molecule has 0 bridgehead atoms. The number of alkyl carbamates (subject to hydrolysis) is 1. The number of amides is 1. The molecule has 0 radical (unpaired) electrons. The van der Waals surface area contributed by atoms with Gasteiger partial charge in [-0.2, -0.15) is 0 Å². The summed E-state index contributed by atoms with van der Waals surface area (Å²) in [6.45, 7) is 6.57. The highest BCUT2D eigenvalue weighted by Crippen LogP contribution is 2.25. The van der Waals surface area contributed by atoms with E-state index in [-0.39, 0.29) is 5.82 Å². The monoisotopic (exact) mass is 484 g/mol. The molecule has 180 valence electrons. The topological polar surface area (TPSA) is 68.1 Å². The predicted molar refractivity (Wildman–Crippen MR) is 132 cm³/mol. The molecule has 0 unspecified atom stereocenters. The lowest BCUT2D eigenvalue weighted by Crippen LogP contribution is -2.36. The molecule has 1 amide bonds. The van der Waals surface area contributed by atoms with Gasteiger partial charge in [-0.15, -0.1) is 11.3 Å². The van der Waals surface area contributed by atoms with Crippen LogP contribution in [0.1, 0.15) is 13.3 Å². The third-order valence-electron chi connectivity index (χ3n) is 5.49. The van der Waals surface area contributed by atoms with Gasteiger partial charge in [-0.25, -0.2) is 14.2 Å². The van der Waals surface area contributed by atoms with Crippen molar-refractivity contribution in [3.05, 3.63) is 64.5 Å². The Labute approximate surface area is 202 Å². The predicted octanol–water partition coefficient (Wildman–Crippen LogP) is 4.56. The molecule has 2 heterocycles. The van der Waals surface area contributed by atoms with E-state index in [1.165, 1.54) is 29.2 Å². The SMILES string of the molecule is CCOC(=O)NCCCn1c(-c2ccc(N3CCOCC3)cc2)cs/c1=N\c1ccc(F)cc1. The summed E-state index contributed by atoms with van der Waals surface area (Å²) in [6.07, 6.45) is 0.304. The maximum atomic E-state index is 13.3. The number of nitrogens with one attached hydrogen (secondary N) is 1. The van der Waals surface area contributed by atoms with Crippen LogP contribution in [0.3, 0.4) is 0 Å². The number of benzene rings is 2. The van der Waals surface area contributed by atoms with Crippen LogP contribution < -0.4 is 15.0 Å². The zero-order valence-electron chi connectivity index (χ0n) is 19.2. The first-order valence-corrected chi connectivity index (χ1v) is 12.3. The number of ether oxygens (including phenoxy) is 2. The quantitative estimate of drug-likeness (QED) is 0.476. The van der Waals surface area contributed by atoms with Gasteiger partial charge >= 0.3 is 6.09 Å². The van der Waals surface area contributed by atoms with Crippen molar-refractivity contribution in [2.24, 2.45) is 4.99 Å². The minimum Gasteiger partial charge on any atom is -0.450 e. The summed E-state index contributed by atoms with van der Waals surface area (Å²) in [5, 5.41) is 4.85. The van der Waals surface area contributed by atoms with Crippen molar-refractivity contribution in [3.8, 4) is 11.3 Å². The number of aromatic nitrogens is 1. The van der Waals surface area contributed by atoms with Gasteiger partial charge in [0.2, 0.25) is 0 Å². The van der Waals surface area contributed by atoms with Crippen molar-refractivity contribution in [2.75, 3.05) is 44.4 Å². The Hall–Kier alpha value is -3.17. The Morgan fingerprint density at radius 2 is 1.88 bits per heavy atom. The molecule has 1 aliphatic rings. The molecule has 1 N–H and O–H groups in total. The summed E-state index contributed by atoms with van der Waals surface area (Å²) in [4.78, 5) is 19.5. The van der Waals surface area contributed by atoms with Crippen LogP contribution >= 0.6 is 11.3 Å². The zero-order valence-corrected chi connectivity index (χ0v) is 20.0. The Morgan fingerprint density at radius 1 is 1.15 bits per heavy atom. The number of thiazole rings is 1. The van der Waals surface area contributed by atoms with E-state index in [0.29, 0.717) is 31.8 Å². The van der Waals surface area contributed by atoms with E-state index in [1.807, 2.05) is 0 Å². The summed E-state index contributed by atoms with van der Waals surface area (Å²) in [5.74, 6) is -0.288. The van der Waals surface area contributed by atoms with Gasteiger partial charge < -0.3 is 24.3 Å². The first-order chi connectivity index (χ1) is 16.6. The minimum absolute atomic E-state index is 0.288. The molecular formula is C25H29FN4O3S. The fourth-order valence-electron chi connectivity index (χ4n) is 3.77. The first-order valence-electron chi connectivity index (χ1n) is 11.5. The molecule has 0 spiro atoms. The van der Waals surface area contributed by atoms with E-state index in [2.05, 4.69) is 44.4 Å². The van der Waals surface area contributed by atoms with Gasteiger partial charge in [0, 0.05) is 37.2 Å². The Morgan fingerprint density at radius 3 is 2.59 bits per heavy atom. The lowest BCUT2D eigenvalue weighted by Gasteiger charge is -2.28. The van der Waals surface area contributed by atoms with Crippen LogP contribution in [0.25, 0.3) is 11.3 Å². The van der Waals surface area contributed by atoms with Crippen LogP contribution in [0.5, 0.6) is 0 Å². The molecule has 3 aromatic rings. The van der Waals surface area contributed by atoms with E-state index in [9.17, 15) is 9.18 Å². The summed E-state index contributed by atoms with van der Waals surface area (Å²) in [7, 11) is 0. The number of hydrogen-bond acceptors (Lipinski definition) is 6. The average molecular weight is 485 g/mol. The second-order valence-electron chi connectivity index (χ2n) is 7.79. The third kappa shape index (κ3) is 6.24. The summed E-state index contributed by atoms with van der Waals surface area (Å²) >= 11 is 1.54. The second kappa shape index (κ2) is 11.8. The molecule has 1 aliphatic heterocycles. The van der Waals surface area contributed by atoms with Gasteiger partial charge in [-0.05, 0) is 55.3 Å². The lowest BCUT2D eigenvalue weighted by atomic mass is 10.1. The average Bonchev–Trinajstić information content (AvgIpc) is 3.26. The number of carbonyl (C=O) groups is 1. The van der Waals surface area contributed by atoms with Crippen LogP contribution in [0.15, 0.2) is 58.9 Å². The van der Waals surface area contributed by atoms with Crippen molar-refractivity contribution in [1.29, 1.82) is 0 Å². The van der Waals surface area contributed by atoms with Crippen LogP contribution in [0.4, 0.5) is 20.6 Å². The third-order valence-corrected chi connectivity index (χ3v) is 6.36. The number of carbonyl (C=O) groups excluding carboxylic acids is 1. The molecule has 0 aliphatic carbocycles. The molecule has 9 heteroatoms. The molecular weight excluding hydrogens is 455 g/mol. The summed E-state index contributed by atoms with van der Waals surface area (Å²) < 4.78 is 25.9. The normalized spacial score (nSPS) is 14.3. The number of hydrogen-bond donors (Lipinski definition) is 1. The minimum atomic E-state index is -0.409. The summed E-state index contributed by atoms with van der Waals surface area (Å²) in [5.41, 5.74) is 4.02. The number of nitrogens with zero attached hydrogens (tertiary/aromatic N) is 3. The number of halogens is 1. The van der Waals surface area contributed by atoms with Crippen LogP contribution in [-0.4, -0.2) is 50.1 Å². The van der Waals surface area contributed by atoms with E-state index in [4.69, 9.17) is 14.5 Å². The number of rotatable bonds is 8. The molecule has 2 aromatic carbocycles. The lowest BCUT2D eigenvalue weighted by molar-refractivity contribution is 0.122. The fourth-order valence-corrected chi connectivity index (χ4v) is 4.72. The van der Waals surface area contributed by atoms with E-state index in [0.717, 1.165) is 42.4 Å². The molecule has 1 aromatic heterocycles. The zero-order chi connectivity index (χ0) is 23.8. The molecule has 0 saturated carbocycles. The van der Waals surface area contributed by atoms with Crippen molar-refractivity contribution >= 4 is 28.8 Å². The molecule has 1 fully saturated rings. The standard InChI is InChI=1S/C25H29FN4O3S/c1-2-33-25(31)27-12-3-13-30-23(18-34-24(30)28-21-8-6-20(26)7-9-21)19-4-10-22(11-5-19)29-14-16-32-17-15-29/h4-11,18H,2-3,12-17H2,1H3,(H,27,31)/b28-24-. The highest BCUT2D eigenvalue weighted by atomic mass is 32.1. The van der Waals surface area contributed by atoms with E-state index >= 15 is 0 Å². The van der Waals surface area contributed by atoms with Gasteiger partial charge in [0.25, 0.3) is 0 Å². The highest BCUT2D eigenvalue weighted by molar-refractivity contribution is 7.07. The van der Waals surface area contributed by atoms with Crippen molar-refractivity contribution in [1.82, 2.24) is 9.88 Å². The van der Waals surface area contributed by atoms with Crippen LogP contribution in [0, 0.1) is 5.82 Å². The molecule has 0 atom stereocenters. The maximum Gasteiger partial charge on any atom is 0.407 e. The maximum absolute atomic E-state index is 13.3.